The number of thiophene rings is 1. The van der Waals surface area contributed by atoms with Crippen LogP contribution >= 0.6 is 23.6 Å². The van der Waals surface area contributed by atoms with Crippen molar-refractivity contribution < 1.29 is 4.79 Å². The van der Waals surface area contributed by atoms with Gasteiger partial charge < -0.3 is 0 Å². The molecule has 0 N–H and O–H groups in total. The van der Waals surface area contributed by atoms with Gasteiger partial charge >= 0.3 is 0 Å². The Hall–Kier alpha value is -0.830. The van der Waals surface area contributed by atoms with E-state index >= 15 is 0 Å². The Labute approximate surface area is 67.2 Å². The van der Waals surface area contributed by atoms with E-state index in [4.69, 9.17) is 0 Å². The Kier molecular flexibility index (Phi) is 2.45. The molecule has 0 saturated carbocycles. The van der Waals surface area contributed by atoms with Gasteiger partial charge in [0.25, 0.3) is 5.91 Å². The van der Waals surface area contributed by atoms with E-state index < -0.39 is 0 Å². The van der Waals surface area contributed by atoms with Crippen molar-refractivity contribution in [2.45, 2.75) is 0 Å². The molecule has 10 heavy (non-hydrogen) atoms. The highest BCUT2D eigenvalue weighted by Crippen LogP contribution is 2.06. The van der Waals surface area contributed by atoms with Gasteiger partial charge in [-0.05, 0) is 23.7 Å². The maximum absolute atomic E-state index is 10.8. The summed E-state index contributed by atoms with van der Waals surface area (Å²) in [5.74, 6) is -0.323. The SMILES string of the molecule is O=C(N=C=S)c1ccsc1. The number of isothiocyanates is 1. The summed E-state index contributed by atoms with van der Waals surface area (Å²) in [6, 6.07) is 1.70. The molecule has 1 aromatic heterocycles. The largest absolute Gasteiger partial charge is 0.286 e. The topological polar surface area (TPSA) is 29.4 Å². The monoisotopic (exact) mass is 169 g/mol. The number of thiocarbonyl (C=S) groups is 1. The fraction of sp³-hybridized carbons (Fsp3) is 0. The molecule has 0 aliphatic heterocycles. The minimum atomic E-state index is -0.323. The van der Waals surface area contributed by atoms with E-state index in [9.17, 15) is 4.79 Å². The van der Waals surface area contributed by atoms with Gasteiger partial charge in [-0.15, -0.1) is 0 Å². The maximum Gasteiger partial charge on any atom is 0.286 e. The molecule has 1 amide bonds. The fourth-order valence-corrected chi connectivity index (χ4v) is 1.20. The van der Waals surface area contributed by atoms with Gasteiger partial charge in [-0.25, -0.2) is 0 Å². The van der Waals surface area contributed by atoms with Crippen LogP contribution in [0.2, 0.25) is 0 Å². The standard InChI is InChI=1S/C6H3NOS2/c8-6(7-4-9)5-1-2-10-3-5/h1-3H. The molecule has 4 heteroatoms. The summed E-state index contributed by atoms with van der Waals surface area (Å²) in [5.41, 5.74) is 0.572. The van der Waals surface area contributed by atoms with Crippen molar-refractivity contribution in [1.82, 2.24) is 0 Å². The van der Waals surface area contributed by atoms with Crippen LogP contribution in [0.25, 0.3) is 0 Å². The number of rotatable bonds is 1. The number of aliphatic imine (C=N–C) groups is 1. The minimum Gasteiger partial charge on any atom is -0.266 e. The molecule has 0 fully saturated rings. The van der Waals surface area contributed by atoms with Crippen molar-refractivity contribution in [3.05, 3.63) is 22.4 Å². The third-order valence-corrected chi connectivity index (χ3v) is 1.69. The van der Waals surface area contributed by atoms with Gasteiger partial charge in [0.05, 0.1) is 10.7 Å². The van der Waals surface area contributed by atoms with Gasteiger partial charge in [0, 0.05) is 5.38 Å². The van der Waals surface area contributed by atoms with Gasteiger partial charge in [0.15, 0.2) is 0 Å². The Balaban J connectivity index is 2.87. The lowest BCUT2D eigenvalue weighted by Crippen LogP contribution is -1.88. The Morgan fingerprint density at radius 2 is 2.60 bits per heavy atom. The molecule has 0 radical (unpaired) electrons. The zero-order valence-electron chi connectivity index (χ0n) is 4.90. The Morgan fingerprint density at radius 1 is 1.80 bits per heavy atom. The van der Waals surface area contributed by atoms with Gasteiger partial charge in [0.1, 0.15) is 0 Å². The van der Waals surface area contributed by atoms with Crippen molar-refractivity contribution in [2.24, 2.45) is 4.99 Å². The van der Waals surface area contributed by atoms with E-state index in [0.717, 1.165) is 0 Å². The second kappa shape index (κ2) is 3.37. The quantitative estimate of drug-likeness (QED) is 0.475. The second-order valence-corrected chi connectivity index (χ2v) is 2.48. The van der Waals surface area contributed by atoms with Crippen LogP contribution in [0.5, 0.6) is 0 Å². The predicted octanol–water partition coefficient (Wildman–Crippen LogP) is 1.99. The summed E-state index contributed by atoms with van der Waals surface area (Å²) in [7, 11) is 0. The number of carbonyl (C=O) groups excluding carboxylic acids is 1. The molecular formula is C6H3NOS2. The van der Waals surface area contributed by atoms with Crippen LogP contribution in [0.15, 0.2) is 21.8 Å². The first-order chi connectivity index (χ1) is 4.84. The van der Waals surface area contributed by atoms with Crippen LogP contribution in [-0.2, 0) is 0 Å². The fourth-order valence-electron chi connectivity index (χ4n) is 0.492. The molecule has 2 nitrogen and oxygen atoms in total. The first-order valence-corrected chi connectivity index (χ1v) is 3.84. The molecule has 0 aromatic carbocycles. The Bertz CT molecular complexity index is 272. The smallest absolute Gasteiger partial charge is 0.266 e. The molecule has 0 atom stereocenters. The van der Waals surface area contributed by atoms with Crippen LogP contribution in [0.3, 0.4) is 0 Å². The molecule has 0 spiro atoms. The van der Waals surface area contributed by atoms with Gasteiger partial charge in [-0.3, -0.25) is 4.79 Å². The number of hydrogen-bond donors (Lipinski definition) is 0. The lowest BCUT2D eigenvalue weighted by molar-refractivity contribution is 0.100. The lowest BCUT2D eigenvalue weighted by atomic mass is 10.3. The van der Waals surface area contributed by atoms with Crippen molar-refractivity contribution in [2.75, 3.05) is 0 Å². The number of hydrogen-bond acceptors (Lipinski definition) is 3. The molecule has 0 unspecified atom stereocenters. The number of amides is 1. The highest BCUT2D eigenvalue weighted by molar-refractivity contribution is 7.78. The second-order valence-electron chi connectivity index (χ2n) is 1.52. The van der Waals surface area contributed by atoms with E-state index in [2.05, 4.69) is 17.2 Å². The zero-order valence-corrected chi connectivity index (χ0v) is 6.54. The van der Waals surface area contributed by atoms with E-state index in [-0.39, 0.29) is 5.91 Å². The molecule has 50 valence electrons. The molecule has 0 saturated heterocycles. The molecule has 1 rings (SSSR count). The van der Waals surface area contributed by atoms with Crippen LogP contribution < -0.4 is 0 Å². The van der Waals surface area contributed by atoms with E-state index in [0.29, 0.717) is 5.56 Å². The molecule has 1 aromatic rings. The molecule has 0 aliphatic rings. The van der Waals surface area contributed by atoms with Gasteiger partial charge in [-0.2, -0.15) is 16.3 Å². The first-order valence-electron chi connectivity index (χ1n) is 2.49. The van der Waals surface area contributed by atoms with Crippen LogP contribution in [0.4, 0.5) is 0 Å². The summed E-state index contributed by atoms with van der Waals surface area (Å²) in [6.45, 7) is 0. The van der Waals surface area contributed by atoms with Crippen molar-refractivity contribution >= 4 is 34.6 Å². The van der Waals surface area contributed by atoms with E-state index in [1.54, 1.807) is 11.4 Å². The average molecular weight is 169 g/mol. The van der Waals surface area contributed by atoms with Crippen LogP contribution in [0.1, 0.15) is 10.4 Å². The van der Waals surface area contributed by atoms with Crippen molar-refractivity contribution in [1.29, 1.82) is 0 Å². The lowest BCUT2D eigenvalue weighted by Gasteiger charge is -1.80. The van der Waals surface area contributed by atoms with Crippen molar-refractivity contribution in [3.8, 4) is 0 Å². The predicted molar refractivity (Wildman–Crippen MR) is 43.7 cm³/mol. The normalized spacial score (nSPS) is 8.40. The van der Waals surface area contributed by atoms with E-state index in [1.165, 1.54) is 11.3 Å². The number of nitrogens with zero attached hydrogens (tertiary/aromatic N) is 1. The molecule has 0 bridgehead atoms. The Morgan fingerprint density at radius 3 is 3.10 bits per heavy atom. The maximum atomic E-state index is 10.8. The summed E-state index contributed by atoms with van der Waals surface area (Å²) in [4.78, 5) is 14.1. The van der Waals surface area contributed by atoms with Crippen molar-refractivity contribution in [3.63, 3.8) is 0 Å². The molecular weight excluding hydrogens is 166 g/mol. The highest BCUT2D eigenvalue weighted by Gasteiger charge is 2.00. The molecule has 1 heterocycles. The third kappa shape index (κ3) is 1.57. The summed E-state index contributed by atoms with van der Waals surface area (Å²) in [5, 5.41) is 5.55. The minimum absolute atomic E-state index is 0.323. The van der Waals surface area contributed by atoms with Crippen LogP contribution in [-0.4, -0.2) is 11.1 Å². The summed E-state index contributed by atoms with van der Waals surface area (Å²) >= 11 is 5.72. The van der Waals surface area contributed by atoms with Crippen LogP contribution in [0, 0.1) is 0 Å². The van der Waals surface area contributed by atoms with Gasteiger partial charge in [0.2, 0.25) is 0 Å². The number of carbonyl (C=O) groups is 1. The highest BCUT2D eigenvalue weighted by atomic mass is 32.1. The summed E-state index contributed by atoms with van der Waals surface area (Å²) < 4.78 is 0. The first kappa shape index (κ1) is 7.28. The summed E-state index contributed by atoms with van der Waals surface area (Å²) in [6.07, 6.45) is 0. The van der Waals surface area contributed by atoms with Gasteiger partial charge in [-0.1, -0.05) is 0 Å². The average Bonchev–Trinajstić information content (AvgIpc) is 2.38. The third-order valence-electron chi connectivity index (χ3n) is 0.915. The van der Waals surface area contributed by atoms with E-state index in [1.807, 2.05) is 10.5 Å². The molecule has 0 aliphatic carbocycles. The zero-order chi connectivity index (χ0) is 7.40.